The van der Waals surface area contributed by atoms with Crippen LogP contribution in [0.2, 0.25) is 0 Å². The first-order chi connectivity index (χ1) is 13.9. The lowest BCUT2D eigenvalue weighted by atomic mass is 10.2. The van der Waals surface area contributed by atoms with E-state index in [0.717, 1.165) is 18.5 Å². The van der Waals surface area contributed by atoms with E-state index in [2.05, 4.69) is 10.6 Å². The van der Waals surface area contributed by atoms with E-state index in [0.29, 0.717) is 30.3 Å². The van der Waals surface area contributed by atoms with Crippen LogP contribution in [-0.2, 0) is 14.8 Å². The number of nitrogens with zero attached hydrogens (tertiary/aromatic N) is 1. The highest BCUT2D eigenvalue weighted by atomic mass is 32.2. The summed E-state index contributed by atoms with van der Waals surface area (Å²) in [5.74, 6) is 1.08. The van der Waals surface area contributed by atoms with Gasteiger partial charge < -0.3 is 20.1 Å². The molecule has 1 saturated heterocycles. The molecule has 2 aromatic carbocycles. The number of anilines is 2. The van der Waals surface area contributed by atoms with Crippen LogP contribution in [0.25, 0.3) is 0 Å². The molecular weight excluding hydrogens is 394 g/mol. The number of nitrogens with one attached hydrogen (secondary N) is 2. The molecule has 9 heteroatoms. The molecule has 29 heavy (non-hydrogen) atoms. The van der Waals surface area contributed by atoms with Gasteiger partial charge in [-0.3, -0.25) is 4.79 Å². The lowest BCUT2D eigenvalue weighted by Crippen LogP contribution is -2.32. The number of ether oxygens (including phenoxy) is 2. The Morgan fingerprint density at radius 1 is 1.00 bits per heavy atom. The predicted molar refractivity (Wildman–Crippen MR) is 109 cm³/mol. The third-order valence-corrected chi connectivity index (χ3v) is 6.89. The number of fused-ring (bicyclic) bond motifs is 1. The molecule has 0 spiro atoms. The maximum absolute atomic E-state index is 12.6. The second kappa shape index (κ2) is 7.92. The standard InChI is InChI=1S/C20H23N3O5S/c1-14(21-16-6-9-18-19(12-16)28-13-27-18)20(24)22-15-4-7-17(8-5-15)29(25,26)23-10-2-3-11-23/h4-9,12,14,21H,2-3,10-11,13H2,1H3,(H,22,24). The zero-order valence-electron chi connectivity index (χ0n) is 16.1. The largest absolute Gasteiger partial charge is 0.454 e. The topological polar surface area (TPSA) is 97.0 Å². The van der Waals surface area contributed by atoms with Crippen molar-refractivity contribution < 1.29 is 22.7 Å². The van der Waals surface area contributed by atoms with Crippen molar-refractivity contribution in [2.75, 3.05) is 30.5 Å². The van der Waals surface area contributed by atoms with Gasteiger partial charge in [-0.25, -0.2) is 8.42 Å². The molecule has 2 aliphatic rings. The Morgan fingerprint density at radius 2 is 1.66 bits per heavy atom. The first-order valence-electron chi connectivity index (χ1n) is 9.51. The first-order valence-corrected chi connectivity index (χ1v) is 10.9. The highest BCUT2D eigenvalue weighted by molar-refractivity contribution is 7.89. The smallest absolute Gasteiger partial charge is 0.246 e. The van der Waals surface area contributed by atoms with Crippen molar-refractivity contribution in [3.63, 3.8) is 0 Å². The molecule has 1 fully saturated rings. The van der Waals surface area contributed by atoms with Crippen molar-refractivity contribution in [3.05, 3.63) is 42.5 Å². The van der Waals surface area contributed by atoms with Crippen molar-refractivity contribution in [3.8, 4) is 11.5 Å². The van der Waals surface area contributed by atoms with Crippen molar-refractivity contribution >= 4 is 27.3 Å². The van der Waals surface area contributed by atoms with Crippen LogP contribution in [0.5, 0.6) is 11.5 Å². The zero-order valence-corrected chi connectivity index (χ0v) is 16.9. The molecule has 2 N–H and O–H groups in total. The van der Waals surface area contributed by atoms with E-state index in [1.165, 1.54) is 16.4 Å². The van der Waals surface area contributed by atoms with E-state index in [1.807, 2.05) is 6.07 Å². The number of hydrogen-bond donors (Lipinski definition) is 2. The molecule has 1 atom stereocenters. The van der Waals surface area contributed by atoms with Gasteiger partial charge in [0.05, 0.1) is 4.90 Å². The van der Waals surface area contributed by atoms with Crippen LogP contribution in [0.4, 0.5) is 11.4 Å². The quantitative estimate of drug-likeness (QED) is 0.750. The molecule has 0 aromatic heterocycles. The second-order valence-electron chi connectivity index (χ2n) is 7.06. The van der Waals surface area contributed by atoms with Gasteiger partial charge in [0.15, 0.2) is 11.5 Å². The van der Waals surface area contributed by atoms with Gasteiger partial charge in [0.1, 0.15) is 6.04 Å². The number of hydrogen-bond acceptors (Lipinski definition) is 6. The maximum Gasteiger partial charge on any atom is 0.246 e. The fourth-order valence-corrected chi connectivity index (χ4v) is 4.86. The summed E-state index contributed by atoms with van der Waals surface area (Å²) in [6.45, 7) is 3.05. The highest BCUT2D eigenvalue weighted by Gasteiger charge is 2.27. The molecule has 0 radical (unpaired) electrons. The van der Waals surface area contributed by atoms with Gasteiger partial charge in [-0.15, -0.1) is 0 Å². The molecule has 0 bridgehead atoms. The minimum Gasteiger partial charge on any atom is -0.454 e. The number of amides is 1. The number of carbonyl (C=O) groups excluding carboxylic acids is 1. The SMILES string of the molecule is CC(Nc1ccc2c(c1)OCO2)C(=O)Nc1ccc(S(=O)(=O)N2CCCC2)cc1. The summed E-state index contributed by atoms with van der Waals surface area (Å²) < 4.78 is 37.2. The van der Waals surface area contributed by atoms with Gasteiger partial charge in [-0.1, -0.05) is 0 Å². The van der Waals surface area contributed by atoms with Crippen LogP contribution in [0.15, 0.2) is 47.4 Å². The van der Waals surface area contributed by atoms with E-state index in [9.17, 15) is 13.2 Å². The summed E-state index contributed by atoms with van der Waals surface area (Å²) in [5.41, 5.74) is 1.28. The average Bonchev–Trinajstić information content (AvgIpc) is 3.40. The predicted octanol–water partition coefficient (Wildman–Crippen LogP) is 2.64. The zero-order chi connectivity index (χ0) is 20.4. The van der Waals surface area contributed by atoms with E-state index in [1.54, 1.807) is 31.2 Å². The summed E-state index contributed by atoms with van der Waals surface area (Å²) >= 11 is 0. The average molecular weight is 417 g/mol. The molecule has 2 aliphatic heterocycles. The van der Waals surface area contributed by atoms with E-state index < -0.39 is 16.1 Å². The number of rotatable bonds is 6. The van der Waals surface area contributed by atoms with Gasteiger partial charge in [0.25, 0.3) is 0 Å². The van der Waals surface area contributed by atoms with Crippen LogP contribution in [0.1, 0.15) is 19.8 Å². The fraction of sp³-hybridized carbons (Fsp3) is 0.350. The van der Waals surface area contributed by atoms with Gasteiger partial charge in [0.2, 0.25) is 22.7 Å². The van der Waals surface area contributed by atoms with E-state index in [-0.39, 0.29) is 17.6 Å². The van der Waals surface area contributed by atoms with Gasteiger partial charge in [-0.2, -0.15) is 4.31 Å². The van der Waals surface area contributed by atoms with Crippen molar-refractivity contribution in [2.45, 2.75) is 30.7 Å². The highest BCUT2D eigenvalue weighted by Crippen LogP contribution is 2.34. The Labute approximate surface area is 169 Å². The molecule has 0 aliphatic carbocycles. The molecule has 4 rings (SSSR count). The van der Waals surface area contributed by atoms with Crippen molar-refractivity contribution in [1.82, 2.24) is 4.31 Å². The Bertz CT molecular complexity index is 1000. The number of sulfonamides is 1. The normalized spacial score (nSPS) is 17.1. The maximum atomic E-state index is 12.6. The number of benzene rings is 2. The minimum atomic E-state index is -3.46. The third kappa shape index (κ3) is 4.15. The fourth-order valence-electron chi connectivity index (χ4n) is 3.34. The molecule has 2 heterocycles. The first kappa shape index (κ1) is 19.5. The second-order valence-corrected chi connectivity index (χ2v) is 9.00. The summed E-state index contributed by atoms with van der Waals surface area (Å²) in [6, 6.07) is 11.1. The van der Waals surface area contributed by atoms with Crippen LogP contribution < -0.4 is 20.1 Å². The van der Waals surface area contributed by atoms with Crippen molar-refractivity contribution in [2.24, 2.45) is 0 Å². The van der Waals surface area contributed by atoms with Crippen LogP contribution in [-0.4, -0.2) is 44.6 Å². The summed E-state index contributed by atoms with van der Waals surface area (Å²) in [4.78, 5) is 12.7. The summed E-state index contributed by atoms with van der Waals surface area (Å²) in [6.07, 6.45) is 1.78. The van der Waals surface area contributed by atoms with E-state index in [4.69, 9.17) is 9.47 Å². The van der Waals surface area contributed by atoms with Crippen LogP contribution in [0, 0.1) is 0 Å². The van der Waals surface area contributed by atoms with Crippen LogP contribution >= 0.6 is 0 Å². The Kier molecular flexibility index (Phi) is 5.33. The third-order valence-electron chi connectivity index (χ3n) is 4.97. The van der Waals surface area contributed by atoms with Gasteiger partial charge >= 0.3 is 0 Å². The van der Waals surface area contributed by atoms with Gasteiger partial charge in [0, 0.05) is 30.5 Å². The molecule has 1 amide bonds. The lowest BCUT2D eigenvalue weighted by Gasteiger charge is -2.17. The minimum absolute atomic E-state index is 0.193. The molecule has 1 unspecified atom stereocenters. The van der Waals surface area contributed by atoms with Gasteiger partial charge in [-0.05, 0) is 56.2 Å². The molecular formula is C20H23N3O5S. The Hall–Kier alpha value is -2.78. The molecule has 8 nitrogen and oxygen atoms in total. The van der Waals surface area contributed by atoms with Crippen molar-refractivity contribution in [1.29, 1.82) is 0 Å². The molecule has 154 valence electrons. The lowest BCUT2D eigenvalue weighted by molar-refractivity contribution is -0.116. The van der Waals surface area contributed by atoms with E-state index >= 15 is 0 Å². The Balaban J connectivity index is 1.37. The van der Waals surface area contributed by atoms with Crippen LogP contribution in [0.3, 0.4) is 0 Å². The number of carbonyl (C=O) groups is 1. The summed E-state index contributed by atoms with van der Waals surface area (Å²) in [7, 11) is -3.46. The Morgan fingerprint density at radius 3 is 2.38 bits per heavy atom. The molecule has 0 saturated carbocycles. The summed E-state index contributed by atoms with van der Waals surface area (Å²) in [5, 5.41) is 5.91. The monoisotopic (exact) mass is 417 g/mol. The molecule has 2 aromatic rings.